The minimum atomic E-state index is 0.0591. The zero-order valence-corrected chi connectivity index (χ0v) is 10.6. The van der Waals surface area contributed by atoms with Crippen LogP contribution in [0.5, 0.6) is 23.0 Å². The molecule has 0 saturated carbocycles. The molecule has 4 N–H and O–H groups in total. The van der Waals surface area contributed by atoms with Gasteiger partial charge in [-0.2, -0.15) is 0 Å². The Morgan fingerprint density at radius 1 is 0.750 bits per heavy atom. The predicted octanol–water partition coefficient (Wildman–Crippen LogP) is 3.63. The average molecular weight is 267 g/mol. The standard InChI is InChI=1S/C16H13NO3/c17-10-4-6-11(7-5-10)20-12-8-14-13(16(19)9-12)2-1-3-15(14)18/h1-9,18-19H,17H2. The van der Waals surface area contributed by atoms with Crippen LogP contribution in [0, 0.1) is 0 Å². The van der Waals surface area contributed by atoms with Crippen LogP contribution in [-0.4, -0.2) is 10.2 Å². The van der Waals surface area contributed by atoms with Crippen molar-refractivity contribution in [1.82, 2.24) is 0 Å². The molecule has 3 rings (SSSR count). The quantitative estimate of drug-likeness (QED) is 0.620. The van der Waals surface area contributed by atoms with Gasteiger partial charge in [0.1, 0.15) is 23.0 Å². The Kier molecular flexibility index (Phi) is 2.84. The maximum Gasteiger partial charge on any atom is 0.131 e. The summed E-state index contributed by atoms with van der Waals surface area (Å²) in [5, 5.41) is 20.9. The van der Waals surface area contributed by atoms with Gasteiger partial charge in [0.2, 0.25) is 0 Å². The Hall–Kier alpha value is -2.88. The van der Waals surface area contributed by atoms with Crippen LogP contribution < -0.4 is 10.5 Å². The molecular formula is C16H13NO3. The molecule has 4 nitrogen and oxygen atoms in total. The first kappa shape index (κ1) is 12.2. The Balaban J connectivity index is 2.04. The number of nitrogens with two attached hydrogens (primary N) is 1. The lowest BCUT2D eigenvalue weighted by Gasteiger charge is -2.09. The van der Waals surface area contributed by atoms with Crippen molar-refractivity contribution in [3.63, 3.8) is 0 Å². The molecular weight excluding hydrogens is 254 g/mol. The molecule has 0 aromatic heterocycles. The van der Waals surface area contributed by atoms with E-state index in [9.17, 15) is 10.2 Å². The second-order valence-corrected chi connectivity index (χ2v) is 4.49. The second kappa shape index (κ2) is 4.66. The SMILES string of the molecule is Nc1ccc(Oc2cc(O)c3cccc(O)c3c2)cc1. The van der Waals surface area contributed by atoms with E-state index in [1.807, 2.05) is 0 Å². The van der Waals surface area contributed by atoms with Gasteiger partial charge >= 0.3 is 0 Å². The van der Waals surface area contributed by atoms with Crippen LogP contribution in [0.25, 0.3) is 10.8 Å². The molecule has 0 atom stereocenters. The number of aromatic hydroxyl groups is 2. The van der Waals surface area contributed by atoms with Crippen LogP contribution in [0.4, 0.5) is 5.69 Å². The topological polar surface area (TPSA) is 75.7 Å². The molecule has 0 aliphatic rings. The molecule has 0 radical (unpaired) electrons. The summed E-state index contributed by atoms with van der Waals surface area (Å²) in [6.45, 7) is 0. The summed E-state index contributed by atoms with van der Waals surface area (Å²) >= 11 is 0. The number of ether oxygens (including phenoxy) is 1. The number of phenols is 2. The number of nitrogen functional groups attached to an aromatic ring is 1. The lowest BCUT2D eigenvalue weighted by molar-refractivity contribution is 0.457. The minimum absolute atomic E-state index is 0.0591. The van der Waals surface area contributed by atoms with Crippen molar-refractivity contribution in [2.45, 2.75) is 0 Å². The highest BCUT2D eigenvalue weighted by atomic mass is 16.5. The fraction of sp³-hybridized carbons (Fsp3) is 0. The van der Waals surface area contributed by atoms with Gasteiger partial charge in [-0.1, -0.05) is 12.1 Å². The van der Waals surface area contributed by atoms with Gasteiger partial charge in [0.15, 0.2) is 0 Å². The van der Waals surface area contributed by atoms with E-state index in [-0.39, 0.29) is 11.5 Å². The average Bonchev–Trinajstić information content (AvgIpc) is 2.43. The summed E-state index contributed by atoms with van der Waals surface area (Å²) < 4.78 is 5.65. The number of hydrogen-bond acceptors (Lipinski definition) is 4. The Labute approximate surface area is 115 Å². The van der Waals surface area contributed by atoms with Crippen molar-refractivity contribution < 1.29 is 14.9 Å². The van der Waals surface area contributed by atoms with Gasteiger partial charge in [-0.05, 0) is 36.4 Å². The Morgan fingerprint density at radius 2 is 1.50 bits per heavy atom. The van der Waals surface area contributed by atoms with E-state index in [2.05, 4.69) is 0 Å². The first-order valence-electron chi connectivity index (χ1n) is 6.11. The lowest BCUT2D eigenvalue weighted by atomic mass is 10.1. The summed E-state index contributed by atoms with van der Waals surface area (Å²) in [7, 11) is 0. The van der Waals surface area contributed by atoms with Gasteiger partial charge in [0.05, 0.1) is 0 Å². The van der Waals surface area contributed by atoms with Gasteiger partial charge in [0, 0.05) is 22.5 Å². The molecule has 0 spiro atoms. The Bertz CT molecular complexity index is 767. The molecule has 0 unspecified atom stereocenters. The fourth-order valence-electron chi connectivity index (χ4n) is 2.06. The van der Waals surface area contributed by atoms with E-state index in [1.54, 1.807) is 48.5 Å². The van der Waals surface area contributed by atoms with Crippen LogP contribution in [0.15, 0.2) is 54.6 Å². The van der Waals surface area contributed by atoms with Crippen molar-refractivity contribution in [1.29, 1.82) is 0 Å². The zero-order valence-electron chi connectivity index (χ0n) is 10.6. The van der Waals surface area contributed by atoms with Gasteiger partial charge in [-0.3, -0.25) is 0 Å². The molecule has 0 bridgehead atoms. The first-order valence-corrected chi connectivity index (χ1v) is 6.11. The number of benzene rings is 3. The highest BCUT2D eigenvalue weighted by Crippen LogP contribution is 2.36. The van der Waals surface area contributed by atoms with Crippen LogP contribution in [0.3, 0.4) is 0 Å². The summed E-state index contributed by atoms with van der Waals surface area (Å²) in [5.74, 6) is 1.21. The molecule has 0 amide bonds. The van der Waals surface area contributed by atoms with E-state index >= 15 is 0 Å². The minimum Gasteiger partial charge on any atom is -0.507 e. The normalized spacial score (nSPS) is 10.6. The number of anilines is 1. The molecule has 0 aliphatic carbocycles. The van der Waals surface area contributed by atoms with E-state index in [0.29, 0.717) is 28.0 Å². The van der Waals surface area contributed by atoms with E-state index < -0.39 is 0 Å². The van der Waals surface area contributed by atoms with Gasteiger partial charge in [-0.15, -0.1) is 0 Å². The number of rotatable bonds is 2. The molecule has 3 aromatic rings. The maximum absolute atomic E-state index is 9.99. The monoisotopic (exact) mass is 267 g/mol. The largest absolute Gasteiger partial charge is 0.507 e. The summed E-state index contributed by atoms with van der Waals surface area (Å²) in [6.07, 6.45) is 0. The maximum atomic E-state index is 9.99. The van der Waals surface area contributed by atoms with Crippen molar-refractivity contribution in [3.05, 3.63) is 54.6 Å². The lowest BCUT2D eigenvalue weighted by Crippen LogP contribution is -1.87. The fourth-order valence-corrected chi connectivity index (χ4v) is 2.06. The summed E-state index contributed by atoms with van der Waals surface area (Å²) in [6, 6.07) is 15.1. The zero-order chi connectivity index (χ0) is 14.1. The second-order valence-electron chi connectivity index (χ2n) is 4.49. The third-order valence-electron chi connectivity index (χ3n) is 3.04. The molecule has 0 fully saturated rings. The highest BCUT2D eigenvalue weighted by Gasteiger charge is 2.08. The van der Waals surface area contributed by atoms with Gasteiger partial charge in [-0.25, -0.2) is 0 Å². The Morgan fingerprint density at radius 3 is 2.25 bits per heavy atom. The van der Waals surface area contributed by atoms with Crippen LogP contribution >= 0.6 is 0 Å². The molecule has 100 valence electrons. The van der Waals surface area contributed by atoms with Crippen molar-refractivity contribution in [2.75, 3.05) is 5.73 Å². The van der Waals surface area contributed by atoms with E-state index in [0.717, 1.165) is 0 Å². The molecule has 0 saturated heterocycles. The summed E-state index contributed by atoms with van der Waals surface area (Å²) in [4.78, 5) is 0. The number of fused-ring (bicyclic) bond motifs is 1. The van der Waals surface area contributed by atoms with Crippen LogP contribution in [0.2, 0.25) is 0 Å². The highest BCUT2D eigenvalue weighted by molar-refractivity contribution is 5.93. The van der Waals surface area contributed by atoms with Crippen LogP contribution in [0.1, 0.15) is 0 Å². The van der Waals surface area contributed by atoms with Crippen LogP contribution in [-0.2, 0) is 0 Å². The van der Waals surface area contributed by atoms with Gasteiger partial charge in [0.25, 0.3) is 0 Å². The number of hydrogen-bond donors (Lipinski definition) is 3. The predicted molar refractivity (Wildman–Crippen MR) is 78.2 cm³/mol. The molecule has 0 aliphatic heterocycles. The third kappa shape index (κ3) is 2.19. The van der Waals surface area contributed by atoms with E-state index in [4.69, 9.17) is 10.5 Å². The van der Waals surface area contributed by atoms with Crippen molar-refractivity contribution in [2.24, 2.45) is 0 Å². The summed E-state index contributed by atoms with van der Waals surface area (Å²) in [5.41, 5.74) is 6.26. The molecule has 20 heavy (non-hydrogen) atoms. The van der Waals surface area contributed by atoms with Crippen molar-refractivity contribution in [3.8, 4) is 23.0 Å². The molecule has 4 heteroatoms. The molecule has 3 aromatic carbocycles. The number of phenolic OH excluding ortho intramolecular Hbond substituents is 2. The third-order valence-corrected chi connectivity index (χ3v) is 3.04. The molecule has 0 heterocycles. The smallest absolute Gasteiger partial charge is 0.131 e. The first-order chi connectivity index (χ1) is 9.63. The van der Waals surface area contributed by atoms with Crippen molar-refractivity contribution >= 4 is 16.5 Å². The van der Waals surface area contributed by atoms with E-state index in [1.165, 1.54) is 6.07 Å². The van der Waals surface area contributed by atoms with Gasteiger partial charge < -0.3 is 20.7 Å².